The predicted molar refractivity (Wildman–Crippen MR) is 95.9 cm³/mol. The SMILES string of the molecule is C=C(C)Nc1cccc(-n2cc(-c3ccc(F)cc3)ccc2=O)c1. The topological polar surface area (TPSA) is 34.0 Å². The average molecular weight is 320 g/mol. The minimum atomic E-state index is -0.286. The van der Waals surface area contributed by atoms with Crippen molar-refractivity contribution in [1.29, 1.82) is 0 Å². The summed E-state index contributed by atoms with van der Waals surface area (Å²) in [7, 11) is 0. The van der Waals surface area contributed by atoms with Gasteiger partial charge in [0, 0.05) is 23.6 Å². The molecule has 0 aliphatic rings. The third-order valence-electron chi connectivity index (χ3n) is 3.57. The second-order valence-corrected chi connectivity index (χ2v) is 5.59. The molecule has 3 aromatic rings. The average Bonchev–Trinajstić information content (AvgIpc) is 2.56. The predicted octanol–water partition coefficient (Wildman–Crippen LogP) is 4.59. The van der Waals surface area contributed by atoms with Crippen LogP contribution >= 0.6 is 0 Å². The lowest BCUT2D eigenvalue weighted by molar-refractivity contribution is 0.628. The lowest BCUT2D eigenvalue weighted by atomic mass is 10.1. The molecule has 0 amide bonds. The van der Waals surface area contributed by atoms with Crippen LogP contribution in [0.4, 0.5) is 10.1 Å². The Hall–Kier alpha value is -3.14. The number of anilines is 1. The van der Waals surface area contributed by atoms with Crippen molar-refractivity contribution < 1.29 is 4.39 Å². The Morgan fingerprint density at radius 3 is 2.46 bits per heavy atom. The summed E-state index contributed by atoms with van der Waals surface area (Å²) in [6, 6.07) is 17.0. The molecule has 0 aliphatic heterocycles. The number of nitrogens with zero attached hydrogens (tertiary/aromatic N) is 1. The highest BCUT2D eigenvalue weighted by atomic mass is 19.1. The number of nitrogens with one attached hydrogen (secondary N) is 1. The number of pyridine rings is 1. The number of hydrogen-bond donors (Lipinski definition) is 1. The fourth-order valence-corrected chi connectivity index (χ4v) is 2.48. The number of benzene rings is 2. The van der Waals surface area contributed by atoms with E-state index >= 15 is 0 Å². The smallest absolute Gasteiger partial charge is 0.255 e. The van der Waals surface area contributed by atoms with Gasteiger partial charge in [0.15, 0.2) is 0 Å². The summed E-state index contributed by atoms with van der Waals surface area (Å²) in [6.07, 6.45) is 1.76. The maximum absolute atomic E-state index is 13.1. The van der Waals surface area contributed by atoms with Gasteiger partial charge in [-0.3, -0.25) is 9.36 Å². The quantitative estimate of drug-likeness (QED) is 0.763. The molecule has 0 radical (unpaired) electrons. The Labute approximate surface area is 139 Å². The number of aromatic nitrogens is 1. The molecule has 4 heteroatoms. The third-order valence-corrected chi connectivity index (χ3v) is 3.57. The second kappa shape index (κ2) is 6.54. The zero-order valence-electron chi connectivity index (χ0n) is 13.3. The van der Waals surface area contributed by atoms with Crippen molar-refractivity contribution in [1.82, 2.24) is 4.57 Å². The van der Waals surface area contributed by atoms with Crippen LogP contribution in [0.2, 0.25) is 0 Å². The van der Waals surface area contributed by atoms with Gasteiger partial charge in [-0.2, -0.15) is 0 Å². The summed E-state index contributed by atoms with van der Waals surface area (Å²) < 4.78 is 14.7. The molecule has 3 nitrogen and oxygen atoms in total. The Morgan fingerprint density at radius 2 is 1.75 bits per heavy atom. The van der Waals surface area contributed by atoms with Crippen molar-refractivity contribution in [2.75, 3.05) is 5.32 Å². The Bertz CT molecular complexity index is 942. The molecule has 0 atom stereocenters. The lowest BCUT2D eigenvalue weighted by Crippen LogP contribution is -2.16. The molecule has 120 valence electrons. The summed E-state index contributed by atoms with van der Waals surface area (Å²) >= 11 is 0. The van der Waals surface area contributed by atoms with E-state index in [1.807, 2.05) is 31.2 Å². The third kappa shape index (κ3) is 3.43. The molecule has 0 bridgehead atoms. The van der Waals surface area contributed by atoms with Gasteiger partial charge in [-0.05, 0) is 54.4 Å². The second-order valence-electron chi connectivity index (χ2n) is 5.59. The van der Waals surface area contributed by atoms with Gasteiger partial charge in [-0.15, -0.1) is 0 Å². The fourth-order valence-electron chi connectivity index (χ4n) is 2.48. The molecule has 0 unspecified atom stereocenters. The van der Waals surface area contributed by atoms with E-state index in [9.17, 15) is 9.18 Å². The fraction of sp³-hybridized carbons (Fsp3) is 0.0500. The summed E-state index contributed by atoms with van der Waals surface area (Å²) in [5.41, 5.74) is 3.98. The number of allylic oxidation sites excluding steroid dienone is 1. The van der Waals surface area contributed by atoms with Crippen LogP contribution < -0.4 is 10.9 Å². The molecule has 0 spiro atoms. The number of halogens is 1. The number of rotatable bonds is 4. The van der Waals surface area contributed by atoms with Crippen LogP contribution in [0.15, 0.2) is 83.9 Å². The maximum Gasteiger partial charge on any atom is 0.255 e. The first-order valence-corrected chi connectivity index (χ1v) is 7.54. The molecule has 2 aromatic carbocycles. The summed E-state index contributed by atoms with van der Waals surface area (Å²) in [5, 5.41) is 3.14. The normalized spacial score (nSPS) is 10.4. The standard InChI is InChI=1S/C20H17FN2O/c1-14(2)22-18-4-3-5-19(12-18)23-13-16(8-11-20(23)24)15-6-9-17(21)10-7-15/h3-13,22H,1H2,2H3. The van der Waals surface area contributed by atoms with Crippen LogP contribution in [0.3, 0.4) is 0 Å². The van der Waals surface area contributed by atoms with Gasteiger partial charge in [0.05, 0.1) is 5.69 Å². The molecule has 0 fully saturated rings. The molecule has 0 saturated carbocycles. The van der Waals surface area contributed by atoms with Crippen LogP contribution in [0.25, 0.3) is 16.8 Å². The van der Waals surface area contributed by atoms with Gasteiger partial charge in [0.25, 0.3) is 5.56 Å². The van der Waals surface area contributed by atoms with E-state index in [2.05, 4.69) is 11.9 Å². The maximum atomic E-state index is 13.1. The van der Waals surface area contributed by atoms with Crippen LogP contribution in [0, 0.1) is 5.82 Å². The van der Waals surface area contributed by atoms with E-state index in [1.165, 1.54) is 18.2 Å². The number of hydrogen-bond acceptors (Lipinski definition) is 2. The first-order chi connectivity index (χ1) is 11.5. The molecule has 1 aromatic heterocycles. The molecule has 0 saturated heterocycles. The van der Waals surface area contributed by atoms with Gasteiger partial charge >= 0.3 is 0 Å². The molecular weight excluding hydrogens is 303 g/mol. The van der Waals surface area contributed by atoms with Crippen LogP contribution in [-0.4, -0.2) is 4.57 Å². The minimum Gasteiger partial charge on any atom is -0.360 e. The van der Waals surface area contributed by atoms with Gasteiger partial charge in [-0.1, -0.05) is 24.8 Å². The van der Waals surface area contributed by atoms with Gasteiger partial charge in [-0.25, -0.2) is 4.39 Å². The Kier molecular flexibility index (Phi) is 4.29. The van der Waals surface area contributed by atoms with Crippen LogP contribution in [0.5, 0.6) is 0 Å². The van der Waals surface area contributed by atoms with Gasteiger partial charge in [0.1, 0.15) is 5.82 Å². The summed E-state index contributed by atoms with van der Waals surface area (Å²) in [6.45, 7) is 5.69. The largest absolute Gasteiger partial charge is 0.360 e. The Morgan fingerprint density at radius 1 is 1.04 bits per heavy atom. The first kappa shape index (κ1) is 15.7. The van der Waals surface area contributed by atoms with Crippen LogP contribution in [-0.2, 0) is 0 Å². The van der Waals surface area contributed by atoms with E-state index in [1.54, 1.807) is 29.0 Å². The monoisotopic (exact) mass is 320 g/mol. The van der Waals surface area contributed by atoms with E-state index in [4.69, 9.17) is 0 Å². The molecule has 1 heterocycles. The van der Waals surface area contributed by atoms with Crippen molar-refractivity contribution in [2.24, 2.45) is 0 Å². The molecule has 1 N–H and O–H groups in total. The highest BCUT2D eigenvalue weighted by Crippen LogP contribution is 2.20. The van der Waals surface area contributed by atoms with Crippen LogP contribution in [0.1, 0.15) is 6.92 Å². The zero-order valence-corrected chi connectivity index (χ0v) is 13.3. The van der Waals surface area contributed by atoms with Gasteiger partial charge in [0.2, 0.25) is 0 Å². The molecule has 0 aliphatic carbocycles. The van der Waals surface area contributed by atoms with Crippen molar-refractivity contribution in [3.8, 4) is 16.8 Å². The minimum absolute atomic E-state index is 0.131. The summed E-state index contributed by atoms with van der Waals surface area (Å²) in [4.78, 5) is 12.3. The van der Waals surface area contributed by atoms with Crippen molar-refractivity contribution in [3.05, 3.63) is 95.3 Å². The summed E-state index contributed by atoms with van der Waals surface area (Å²) in [5.74, 6) is -0.286. The molecular formula is C20H17FN2O. The van der Waals surface area contributed by atoms with Crippen molar-refractivity contribution in [3.63, 3.8) is 0 Å². The van der Waals surface area contributed by atoms with E-state index in [0.29, 0.717) is 0 Å². The highest BCUT2D eigenvalue weighted by molar-refractivity contribution is 5.63. The Balaban J connectivity index is 2.05. The van der Waals surface area contributed by atoms with E-state index < -0.39 is 0 Å². The lowest BCUT2D eigenvalue weighted by Gasteiger charge is -2.11. The van der Waals surface area contributed by atoms with Crippen molar-refractivity contribution >= 4 is 5.69 Å². The highest BCUT2D eigenvalue weighted by Gasteiger charge is 2.05. The van der Waals surface area contributed by atoms with Crippen molar-refractivity contribution in [2.45, 2.75) is 6.92 Å². The van der Waals surface area contributed by atoms with E-state index in [0.717, 1.165) is 28.2 Å². The van der Waals surface area contributed by atoms with E-state index in [-0.39, 0.29) is 11.4 Å². The first-order valence-electron chi connectivity index (χ1n) is 7.54. The molecule has 24 heavy (non-hydrogen) atoms. The molecule has 3 rings (SSSR count). The van der Waals surface area contributed by atoms with Gasteiger partial charge < -0.3 is 5.32 Å². The zero-order chi connectivity index (χ0) is 17.1.